The summed E-state index contributed by atoms with van der Waals surface area (Å²) >= 11 is 0. The zero-order chi connectivity index (χ0) is 12.9. The van der Waals surface area contributed by atoms with E-state index in [1.165, 1.54) is 0 Å². The number of hydrogen-bond donors (Lipinski definition) is 1. The van der Waals surface area contributed by atoms with Gasteiger partial charge < -0.3 is 14.3 Å². The molecule has 4 heteroatoms. The minimum atomic E-state index is -0.474. The van der Waals surface area contributed by atoms with Gasteiger partial charge in [0, 0.05) is 24.5 Å². The average molecular weight is 246 g/mol. The third-order valence-electron chi connectivity index (χ3n) is 3.51. The van der Waals surface area contributed by atoms with Crippen molar-refractivity contribution in [3.8, 4) is 5.75 Å². The molecule has 1 heterocycles. The summed E-state index contributed by atoms with van der Waals surface area (Å²) in [5.74, 6) is 0.660. The minimum absolute atomic E-state index is 0.0247. The molecule has 18 heavy (non-hydrogen) atoms. The molecule has 0 bridgehead atoms. The van der Waals surface area contributed by atoms with Crippen molar-refractivity contribution < 1.29 is 14.3 Å². The number of phenolic OH excluding ortho intramolecular Hbond substituents is 1. The van der Waals surface area contributed by atoms with Crippen LogP contribution in [-0.4, -0.2) is 12.2 Å². The number of aromatic hydroxyl groups is 1. The summed E-state index contributed by atoms with van der Waals surface area (Å²) in [7, 11) is 1.65. The molecule has 0 aliphatic heterocycles. The maximum absolute atomic E-state index is 11.9. The van der Waals surface area contributed by atoms with E-state index in [4.69, 9.17) is 9.15 Å². The van der Waals surface area contributed by atoms with Crippen LogP contribution in [0.3, 0.4) is 0 Å². The van der Waals surface area contributed by atoms with Crippen molar-refractivity contribution in [1.29, 1.82) is 0 Å². The maximum atomic E-state index is 11.9. The lowest BCUT2D eigenvalue weighted by Crippen LogP contribution is -2.06. The van der Waals surface area contributed by atoms with E-state index in [1.807, 2.05) is 13.0 Å². The van der Waals surface area contributed by atoms with Gasteiger partial charge in [0.2, 0.25) is 0 Å². The van der Waals surface area contributed by atoms with E-state index < -0.39 is 5.63 Å². The van der Waals surface area contributed by atoms with Gasteiger partial charge in [0.15, 0.2) is 0 Å². The van der Waals surface area contributed by atoms with Crippen LogP contribution in [0.1, 0.15) is 29.4 Å². The SMILES string of the molecule is CO[C@H]1CCc2oc(=O)c3c(O)cc(C)cc3c21. The van der Waals surface area contributed by atoms with Gasteiger partial charge in [0.25, 0.3) is 0 Å². The predicted molar refractivity (Wildman–Crippen MR) is 67.0 cm³/mol. The fourth-order valence-electron chi connectivity index (χ4n) is 2.74. The Morgan fingerprint density at radius 2 is 2.22 bits per heavy atom. The Kier molecular flexibility index (Phi) is 2.41. The molecule has 0 saturated carbocycles. The lowest BCUT2D eigenvalue weighted by Gasteiger charge is -2.12. The molecule has 0 radical (unpaired) electrons. The second kappa shape index (κ2) is 3.85. The number of benzene rings is 1. The summed E-state index contributed by atoms with van der Waals surface area (Å²) in [6, 6.07) is 3.48. The van der Waals surface area contributed by atoms with Crippen molar-refractivity contribution in [2.24, 2.45) is 0 Å². The Labute approximate surface area is 104 Å². The van der Waals surface area contributed by atoms with Crippen LogP contribution < -0.4 is 5.63 Å². The molecule has 0 fully saturated rings. The van der Waals surface area contributed by atoms with Gasteiger partial charge in [0.1, 0.15) is 16.9 Å². The summed E-state index contributed by atoms with van der Waals surface area (Å²) in [6.07, 6.45) is 1.45. The number of rotatable bonds is 1. The first-order valence-corrected chi connectivity index (χ1v) is 5.94. The summed E-state index contributed by atoms with van der Waals surface area (Å²) < 4.78 is 10.7. The molecule has 1 aliphatic rings. The number of hydrogen-bond acceptors (Lipinski definition) is 4. The van der Waals surface area contributed by atoms with Crippen LogP contribution in [-0.2, 0) is 11.2 Å². The lowest BCUT2D eigenvalue weighted by molar-refractivity contribution is 0.106. The molecule has 0 spiro atoms. The molecule has 0 saturated heterocycles. The highest BCUT2D eigenvalue weighted by Crippen LogP contribution is 2.39. The standard InChI is InChI=1S/C14H14O4/c1-7-5-8-12(9(15)6-7)14(16)18-11-4-3-10(17-2)13(8)11/h5-6,10,15H,3-4H2,1-2H3/t10-/m0/s1. The third-order valence-corrected chi connectivity index (χ3v) is 3.51. The highest BCUT2D eigenvalue weighted by atomic mass is 16.5. The van der Waals surface area contributed by atoms with E-state index >= 15 is 0 Å². The highest BCUT2D eigenvalue weighted by Gasteiger charge is 2.29. The number of phenols is 1. The zero-order valence-corrected chi connectivity index (χ0v) is 10.3. The van der Waals surface area contributed by atoms with Crippen LogP contribution in [0.25, 0.3) is 10.8 Å². The van der Waals surface area contributed by atoms with Crippen LogP contribution in [0, 0.1) is 6.92 Å². The predicted octanol–water partition coefficient (Wildman–Crippen LogP) is 2.44. The van der Waals surface area contributed by atoms with E-state index in [2.05, 4.69) is 0 Å². The summed E-state index contributed by atoms with van der Waals surface area (Å²) in [4.78, 5) is 11.9. The minimum Gasteiger partial charge on any atom is -0.507 e. The Balaban J connectivity index is 2.47. The number of methoxy groups -OCH3 is 1. The van der Waals surface area contributed by atoms with Gasteiger partial charge in [-0.05, 0) is 25.0 Å². The van der Waals surface area contributed by atoms with Gasteiger partial charge in [-0.15, -0.1) is 0 Å². The van der Waals surface area contributed by atoms with Gasteiger partial charge in [-0.2, -0.15) is 0 Å². The van der Waals surface area contributed by atoms with E-state index in [-0.39, 0.29) is 17.2 Å². The molecule has 1 atom stereocenters. The molecule has 3 rings (SSSR count). The Morgan fingerprint density at radius 3 is 2.94 bits per heavy atom. The highest BCUT2D eigenvalue weighted by molar-refractivity contribution is 5.91. The molecular weight excluding hydrogens is 232 g/mol. The molecule has 0 unspecified atom stereocenters. The van der Waals surface area contributed by atoms with Gasteiger partial charge in [-0.1, -0.05) is 6.07 Å². The first-order valence-electron chi connectivity index (χ1n) is 5.94. The van der Waals surface area contributed by atoms with Crippen molar-refractivity contribution >= 4 is 10.8 Å². The smallest absolute Gasteiger partial charge is 0.347 e. The molecule has 94 valence electrons. The Morgan fingerprint density at radius 1 is 1.44 bits per heavy atom. The van der Waals surface area contributed by atoms with Crippen molar-refractivity contribution in [1.82, 2.24) is 0 Å². The molecule has 1 aromatic heterocycles. The van der Waals surface area contributed by atoms with Crippen molar-refractivity contribution in [2.75, 3.05) is 7.11 Å². The number of fused-ring (bicyclic) bond motifs is 3. The molecule has 4 nitrogen and oxygen atoms in total. The van der Waals surface area contributed by atoms with E-state index in [0.717, 1.165) is 22.9 Å². The van der Waals surface area contributed by atoms with E-state index in [0.29, 0.717) is 12.2 Å². The van der Waals surface area contributed by atoms with Gasteiger partial charge in [0.05, 0.1) is 6.10 Å². The Hall–Kier alpha value is -1.81. The molecule has 0 amide bonds. The molecule has 2 aromatic rings. The monoisotopic (exact) mass is 246 g/mol. The van der Waals surface area contributed by atoms with Crippen LogP contribution in [0.15, 0.2) is 21.3 Å². The maximum Gasteiger partial charge on any atom is 0.347 e. The Bertz CT molecular complexity index is 684. The number of ether oxygens (including phenoxy) is 1. The third kappa shape index (κ3) is 1.46. The average Bonchev–Trinajstić information content (AvgIpc) is 2.70. The molecular formula is C14H14O4. The summed E-state index contributed by atoms with van der Waals surface area (Å²) in [5, 5.41) is 10.9. The van der Waals surface area contributed by atoms with E-state index in [1.54, 1.807) is 13.2 Å². The van der Waals surface area contributed by atoms with Crippen LogP contribution >= 0.6 is 0 Å². The fraction of sp³-hybridized carbons (Fsp3) is 0.357. The first kappa shape index (κ1) is 11.3. The quantitative estimate of drug-likeness (QED) is 0.839. The second-order valence-electron chi connectivity index (χ2n) is 4.70. The number of aryl methyl sites for hydroxylation is 2. The first-order chi connectivity index (χ1) is 8.61. The van der Waals surface area contributed by atoms with E-state index in [9.17, 15) is 9.90 Å². The van der Waals surface area contributed by atoms with Crippen molar-refractivity contribution in [2.45, 2.75) is 25.9 Å². The lowest BCUT2D eigenvalue weighted by atomic mass is 10.0. The normalized spacial score (nSPS) is 18.2. The van der Waals surface area contributed by atoms with Crippen LogP contribution in [0.4, 0.5) is 0 Å². The zero-order valence-electron chi connectivity index (χ0n) is 10.3. The molecule has 1 aromatic carbocycles. The van der Waals surface area contributed by atoms with Crippen LogP contribution in [0.2, 0.25) is 0 Å². The van der Waals surface area contributed by atoms with Crippen molar-refractivity contribution in [3.63, 3.8) is 0 Å². The fourth-order valence-corrected chi connectivity index (χ4v) is 2.74. The van der Waals surface area contributed by atoms with Gasteiger partial charge in [-0.3, -0.25) is 0 Å². The molecule has 1 aliphatic carbocycles. The second-order valence-corrected chi connectivity index (χ2v) is 4.70. The van der Waals surface area contributed by atoms with Crippen LogP contribution in [0.5, 0.6) is 5.75 Å². The summed E-state index contributed by atoms with van der Waals surface area (Å²) in [6.45, 7) is 1.89. The largest absolute Gasteiger partial charge is 0.507 e. The van der Waals surface area contributed by atoms with Gasteiger partial charge in [-0.25, -0.2) is 4.79 Å². The van der Waals surface area contributed by atoms with Crippen molar-refractivity contribution in [3.05, 3.63) is 39.4 Å². The topological polar surface area (TPSA) is 59.7 Å². The molecule has 1 N–H and O–H groups in total. The van der Waals surface area contributed by atoms with Gasteiger partial charge >= 0.3 is 5.63 Å². The summed E-state index contributed by atoms with van der Waals surface area (Å²) in [5.41, 5.74) is 1.35.